The lowest BCUT2D eigenvalue weighted by Crippen LogP contribution is -2.51. The number of thiophene rings is 1. The van der Waals surface area contributed by atoms with E-state index in [4.69, 9.17) is 4.42 Å². The summed E-state index contributed by atoms with van der Waals surface area (Å²) in [4.78, 5) is 20.5. The number of sulfone groups is 1. The van der Waals surface area contributed by atoms with Crippen LogP contribution in [0.3, 0.4) is 0 Å². The molecule has 0 aliphatic carbocycles. The molecule has 0 spiro atoms. The van der Waals surface area contributed by atoms with Gasteiger partial charge in [0, 0.05) is 37.1 Å². The maximum atomic E-state index is 13.1. The first-order valence-corrected chi connectivity index (χ1v) is 12.7. The van der Waals surface area contributed by atoms with Crippen LogP contribution < -0.4 is 0 Å². The molecule has 2 aliphatic rings. The third-order valence-corrected chi connectivity index (χ3v) is 8.27. The average molecular weight is 438 g/mol. The third kappa shape index (κ3) is 5.48. The molecule has 2 aromatic heterocycles. The molecule has 2 saturated heterocycles. The summed E-state index contributed by atoms with van der Waals surface area (Å²) in [6.45, 7) is 5.04. The van der Waals surface area contributed by atoms with Crippen LogP contribution >= 0.6 is 11.3 Å². The Bertz CT molecular complexity index is 888. The number of amides is 1. The van der Waals surface area contributed by atoms with Crippen molar-refractivity contribution >= 4 is 27.1 Å². The van der Waals surface area contributed by atoms with E-state index in [1.807, 2.05) is 29.6 Å². The number of hydrogen-bond donors (Lipinski definition) is 0. The number of carbonyl (C=O) groups is 1. The van der Waals surface area contributed by atoms with Crippen LogP contribution in [0.25, 0.3) is 0 Å². The quantitative estimate of drug-likeness (QED) is 0.656. The van der Waals surface area contributed by atoms with Gasteiger partial charge in [-0.25, -0.2) is 8.42 Å². The highest BCUT2D eigenvalue weighted by molar-refractivity contribution is 7.91. The average Bonchev–Trinajstić information content (AvgIpc) is 3.44. The van der Waals surface area contributed by atoms with Crippen LogP contribution in [-0.4, -0.2) is 79.3 Å². The molecule has 4 rings (SSSR count). The van der Waals surface area contributed by atoms with Crippen molar-refractivity contribution in [1.29, 1.82) is 0 Å². The molecule has 2 aliphatic heterocycles. The number of piperazine rings is 1. The van der Waals surface area contributed by atoms with Gasteiger partial charge in [-0.2, -0.15) is 0 Å². The summed E-state index contributed by atoms with van der Waals surface area (Å²) in [5, 5.41) is 1.99. The lowest BCUT2D eigenvalue weighted by molar-refractivity contribution is -0.135. The van der Waals surface area contributed by atoms with E-state index in [1.54, 1.807) is 22.5 Å². The van der Waals surface area contributed by atoms with Gasteiger partial charge in [-0.15, -0.1) is 11.3 Å². The SMILES string of the molecule is O=C(CN1CCN(Cc2ccco2)CC1)N(Cc1cccs1)C1CCS(=O)(=O)C1. The smallest absolute Gasteiger partial charge is 0.237 e. The number of hydrogen-bond acceptors (Lipinski definition) is 7. The van der Waals surface area contributed by atoms with Gasteiger partial charge in [0.2, 0.25) is 5.91 Å². The number of rotatable bonds is 7. The predicted octanol–water partition coefficient (Wildman–Crippen LogP) is 1.67. The summed E-state index contributed by atoms with van der Waals surface area (Å²) in [6.07, 6.45) is 2.23. The highest BCUT2D eigenvalue weighted by Crippen LogP contribution is 2.22. The van der Waals surface area contributed by atoms with E-state index >= 15 is 0 Å². The van der Waals surface area contributed by atoms with Gasteiger partial charge in [0.25, 0.3) is 0 Å². The number of nitrogens with zero attached hydrogens (tertiary/aromatic N) is 3. The van der Waals surface area contributed by atoms with Crippen molar-refractivity contribution in [2.24, 2.45) is 0 Å². The Balaban J connectivity index is 1.34. The van der Waals surface area contributed by atoms with Crippen LogP contribution in [0.1, 0.15) is 17.1 Å². The normalized spacial score (nSPS) is 22.7. The summed E-state index contributed by atoms with van der Waals surface area (Å²) in [6, 6.07) is 7.63. The molecular weight excluding hydrogens is 410 g/mol. The van der Waals surface area contributed by atoms with E-state index in [0.29, 0.717) is 19.5 Å². The third-order valence-electron chi connectivity index (χ3n) is 5.66. The molecule has 0 bridgehead atoms. The van der Waals surface area contributed by atoms with E-state index in [2.05, 4.69) is 9.80 Å². The van der Waals surface area contributed by atoms with Crippen molar-refractivity contribution in [3.05, 3.63) is 46.5 Å². The van der Waals surface area contributed by atoms with Gasteiger partial charge in [-0.05, 0) is 30.0 Å². The standard InChI is InChI=1S/C20H27N3O4S2/c24-20(15-22-8-6-21(7-9-22)13-18-3-1-10-27-18)23(14-19-4-2-11-28-19)17-5-12-29(25,26)16-17/h1-4,10-11,17H,5-9,12-16H2. The van der Waals surface area contributed by atoms with Crippen molar-refractivity contribution in [3.8, 4) is 0 Å². The second-order valence-corrected chi connectivity index (χ2v) is 11.1. The Morgan fingerprint density at radius 3 is 2.59 bits per heavy atom. The molecule has 29 heavy (non-hydrogen) atoms. The first-order valence-electron chi connectivity index (χ1n) is 9.98. The topological polar surface area (TPSA) is 74.1 Å². The Morgan fingerprint density at radius 2 is 1.97 bits per heavy atom. The Hall–Kier alpha value is -1.68. The Kier molecular flexibility index (Phi) is 6.38. The summed E-state index contributed by atoms with van der Waals surface area (Å²) < 4.78 is 29.4. The largest absolute Gasteiger partial charge is 0.468 e. The molecule has 0 aromatic carbocycles. The minimum absolute atomic E-state index is 0.0278. The zero-order chi connectivity index (χ0) is 20.3. The Morgan fingerprint density at radius 1 is 1.17 bits per heavy atom. The van der Waals surface area contributed by atoms with Gasteiger partial charge in [-0.3, -0.25) is 14.6 Å². The van der Waals surface area contributed by atoms with Crippen LogP contribution in [0.15, 0.2) is 40.3 Å². The summed E-state index contributed by atoms with van der Waals surface area (Å²) in [7, 11) is -3.04. The van der Waals surface area contributed by atoms with Crippen LogP contribution in [0.4, 0.5) is 0 Å². The zero-order valence-corrected chi connectivity index (χ0v) is 18.0. The number of furan rings is 1. The van der Waals surface area contributed by atoms with Gasteiger partial charge in [0.05, 0.1) is 37.4 Å². The fourth-order valence-electron chi connectivity index (χ4n) is 4.02. The first-order chi connectivity index (χ1) is 14.0. The number of carbonyl (C=O) groups excluding carboxylic acids is 1. The van der Waals surface area contributed by atoms with Crippen LogP contribution in [-0.2, 0) is 27.7 Å². The van der Waals surface area contributed by atoms with Crippen LogP contribution in [0.2, 0.25) is 0 Å². The van der Waals surface area contributed by atoms with Crippen molar-refractivity contribution < 1.29 is 17.6 Å². The highest BCUT2D eigenvalue weighted by Gasteiger charge is 2.35. The van der Waals surface area contributed by atoms with E-state index in [1.165, 1.54) is 0 Å². The lowest BCUT2D eigenvalue weighted by atomic mass is 10.2. The maximum Gasteiger partial charge on any atom is 0.237 e. The summed E-state index contributed by atoms with van der Waals surface area (Å²) in [5.74, 6) is 1.25. The molecule has 158 valence electrons. The molecule has 2 fully saturated rings. The Labute approximate surface area is 175 Å². The van der Waals surface area contributed by atoms with E-state index in [-0.39, 0.29) is 23.5 Å². The molecule has 0 saturated carbocycles. The van der Waals surface area contributed by atoms with Gasteiger partial charge < -0.3 is 9.32 Å². The highest BCUT2D eigenvalue weighted by atomic mass is 32.2. The molecule has 4 heterocycles. The molecule has 1 amide bonds. The molecule has 9 heteroatoms. The van der Waals surface area contributed by atoms with E-state index < -0.39 is 9.84 Å². The van der Waals surface area contributed by atoms with Crippen molar-refractivity contribution in [2.75, 3.05) is 44.2 Å². The summed E-state index contributed by atoms with van der Waals surface area (Å²) >= 11 is 1.60. The van der Waals surface area contributed by atoms with Crippen molar-refractivity contribution in [2.45, 2.75) is 25.6 Å². The lowest BCUT2D eigenvalue weighted by Gasteiger charge is -2.36. The molecule has 1 unspecified atom stereocenters. The molecule has 2 aromatic rings. The fourth-order valence-corrected chi connectivity index (χ4v) is 6.46. The van der Waals surface area contributed by atoms with Gasteiger partial charge in [0.1, 0.15) is 5.76 Å². The fraction of sp³-hybridized carbons (Fsp3) is 0.550. The minimum Gasteiger partial charge on any atom is -0.468 e. The molecule has 0 N–H and O–H groups in total. The summed E-state index contributed by atoms with van der Waals surface area (Å²) in [5.41, 5.74) is 0. The van der Waals surface area contributed by atoms with E-state index in [0.717, 1.165) is 43.4 Å². The van der Waals surface area contributed by atoms with Gasteiger partial charge in [-0.1, -0.05) is 6.07 Å². The van der Waals surface area contributed by atoms with Crippen LogP contribution in [0.5, 0.6) is 0 Å². The van der Waals surface area contributed by atoms with Gasteiger partial charge >= 0.3 is 0 Å². The predicted molar refractivity (Wildman–Crippen MR) is 112 cm³/mol. The van der Waals surface area contributed by atoms with Gasteiger partial charge in [0.15, 0.2) is 9.84 Å². The second-order valence-electron chi connectivity index (χ2n) is 7.79. The molecule has 7 nitrogen and oxygen atoms in total. The molecule has 0 radical (unpaired) electrons. The monoisotopic (exact) mass is 437 g/mol. The minimum atomic E-state index is -3.04. The van der Waals surface area contributed by atoms with Crippen molar-refractivity contribution in [3.63, 3.8) is 0 Å². The first kappa shape index (κ1) is 20.6. The van der Waals surface area contributed by atoms with Crippen molar-refractivity contribution in [1.82, 2.24) is 14.7 Å². The molecule has 1 atom stereocenters. The van der Waals surface area contributed by atoms with Crippen LogP contribution in [0, 0.1) is 0 Å². The zero-order valence-electron chi connectivity index (χ0n) is 16.4. The van der Waals surface area contributed by atoms with E-state index in [9.17, 15) is 13.2 Å². The molecular formula is C20H27N3O4S2. The second kappa shape index (κ2) is 8.99. The maximum absolute atomic E-state index is 13.1.